The largest absolute Gasteiger partial charge is 0.586 e. The van der Waals surface area contributed by atoms with Crippen molar-refractivity contribution < 1.29 is 23.0 Å². The van der Waals surface area contributed by atoms with Crippen molar-refractivity contribution in [1.29, 1.82) is 0 Å². The molecule has 3 heterocycles. The molecule has 2 N–H and O–H groups in total. The molecule has 0 spiro atoms. The van der Waals surface area contributed by atoms with Gasteiger partial charge in [-0.2, -0.15) is 0 Å². The summed E-state index contributed by atoms with van der Waals surface area (Å²) in [6, 6.07) is 9.23. The maximum absolute atomic E-state index is 13.3. The lowest BCUT2D eigenvalue weighted by molar-refractivity contribution is -0.286. The van der Waals surface area contributed by atoms with Gasteiger partial charge in [0, 0.05) is 6.20 Å². The first-order valence-corrected chi connectivity index (χ1v) is 10.1. The average Bonchev–Trinajstić information content (AvgIpc) is 3.48. The van der Waals surface area contributed by atoms with Crippen LogP contribution in [-0.2, 0) is 10.2 Å². The molecular formula is C22H16ClF2N3O4. The van der Waals surface area contributed by atoms with Gasteiger partial charge in [-0.1, -0.05) is 23.7 Å². The predicted molar refractivity (Wildman–Crippen MR) is 112 cm³/mol. The van der Waals surface area contributed by atoms with E-state index in [1.165, 1.54) is 24.4 Å². The third-order valence-electron chi connectivity index (χ3n) is 5.60. The molecule has 32 heavy (non-hydrogen) atoms. The Morgan fingerprint density at radius 2 is 1.91 bits per heavy atom. The van der Waals surface area contributed by atoms with E-state index in [9.17, 15) is 18.4 Å². The van der Waals surface area contributed by atoms with Crippen LogP contribution in [0.15, 0.2) is 47.4 Å². The SMILES string of the molecule is Cc1ccc(NC(=O)C2(c3ccc4c(c3)OC(F)(F)O4)CC2)nc1-c1cc(Cl)c[nH]c1=O. The smallest absolute Gasteiger partial charge is 0.395 e. The van der Waals surface area contributed by atoms with Crippen molar-refractivity contribution in [2.45, 2.75) is 31.5 Å². The lowest BCUT2D eigenvalue weighted by atomic mass is 9.94. The van der Waals surface area contributed by atoms with Gasteiger partial charge in [-0.15, -0.1) is 8.78 Å². The van der Waals surface area contributed by atoms with Gasteiger partial charge in [-0.25, -0.2) is 4.98 Å². The van der Waals surface area contributed by atoms with Crippen LogP contribution >= 0.6 is 11.6 Å². The second kappa shape index (κ2) is 7.03. The minimum Gasteiger partial charge on any atom is -0.395 e. The lowest BCUT2D eigenvalue weighted by Gasteiger charge is -2.16. The molecule has 1 amide bonds. The number of halogens is 3. The van der Waals surface area contributed by atoms with Crippen LogP contribution in [0.2, 0.25) is 5.02 Å². The number of rotatable bonds is 4. The number of amides is 1. The van der Waals surface area contributed by atoms with Crippen LogP contribution in [0.3, 0.4) is 0 Å². The van der Waals surface area contributed by atoms with Crippen LogP contribution in [0.25, 0.3) is 11.3 Å². The fraction of sp³-hybridized carbons (Fsp3) is 0.227. The second-order valence-corrected chi connectivity index (χ2v) is 8.22. The van der Waals surface area contributed by atoms with E-state index in [0.717, 1.165) is 5.56 Å². The summed E-state index contributed by atoms with van der Waals surface area (Å²) in [4.78, 5) is 32.3. The highest BCUT2D eigenvalue weighted by atomic mass is 35.5. The van der Waals surface area contributed by atoms with E-state index < -0.39 is 11.7 Å². The summed E-state index contributed by atoms with van der Waals surface area (Å²) in [5.74, 6) is -0.256. The van der Waals surface area contributed by atoms with Gasteiger partial charge >= 0.3 is 6.29 Å². The van der Waals surface area contributed by atoms with Crippen LogP contribution in [0.1, 0.15) is 24.0 Å². The summed E-state index contributed by atoms with van der Waals surface area (Å²) in [6.07, 6.45) is -1.25. The topological polar surface area (TPSA) is 93.3 Å². The van der Waals surface area contributed by atoms with Crippen molar-refractivity contribution in [3.8, 4) is 22.8 Å². The zero-order valence-electron chi connectivity index (χ0n) is 16.7. The molecule has 164 valence electrons. The molecular weight excluding hydrogens is 444 g/mol. The van der Waals surface area contributed by atoms with Gasteiger partial charge in [0.05, 0.1) is 21.7 Å². The highest BCUT2D eigenvalue weighted by molar-refractivity contribution is 6.30. The molecule has 2 aromatic heterocycles. The molecule has 5 rings (SSSR count). The number of ether oxygens (including phenoxy) is 2. The van der Waals surface area contributed by atoms with Crippen LogP contribution in [-0.4, -0.2) is 22.2 Å². The number of hydrogen-bond acceptors (Lipinski definition) is 5. The number of H-pyrrole nitrogens is 1. The number of aryl methyl sites for hydroxylation is 1. The summed E-state index contributed by atoms with van der Waals surface area (Å²) < 4.78 is 35.6. The first kappa shape index (κ1) is 20.4. The Hall–Kier alpha value is -3.46. The molecule has 7 nitrogen and oxygen atoms in total. The zero-order chi connectivity index (χ0) is 22.7. The first-order valence-electron chi connectivity index (χ1n) is 9.75. The molecule has 0 unspecified atom stereocenters. The number of hydrogen-bond donors (Lipinski definition) is 2. The van der Waals surface area contributed by atoms with Crippen LogP contribution in [0.5, 0.6) is 11.5 Å². The predicted octanol–water partition coefficient (Wildman–Crippen LogP) is 4.39. The summed E-state index contributed by atoms with van der Waals surface area (Å²) in [5.41, 5.74) is 0.716. The minimum atomic E-state index is -3.72. The number of anilines is 1. The Morgan fingerprint density at radius 1 is 1.16 bits per heavy atom. The quantitative estimate of drug-likeness (QED) is 0.603. The molecule has 10 heteroatoms. The van der Waals surface area contributed by atoms with Gasteiger partial charge in [0.1, 0.15) is 5.82 Å². The van der Waals surface area contributed by atoms with Gasteiger partial charge < -0.3 is 19.8 Å². The molecule has 0 bridgehead atoms. The molecule has 0 atom stereocenters. The van der Waals surface area contributed by atoms with Crippen molar-refractivity contribution >= 4 is 23.3 Å². The monoisotopic (exact) mass is 459 g/mol. The Labute approximate surface area is 185 Å². The van der Waals surface area contributed by atoms with Gasteiger partial charge in [-0.05, 0) is 55.2 Å². The molecule has 0 radical (unpaired) electrons. The zero-order valence-corrected chi connectivity index (χ0v) is 17.4. The van der Waals surface area contributed by atoms with E-state index in [1.54, 1.807) is 25.1 Å². The molecule has 2 aliphatic rings. The van der Waals surface area contributed by atoms with Crippen molar-refractivity contribution in [2.24, 2.45) is 0 Å². The van der Waals surface area contributed by atoms with Crippen molar-refractivity contribution in [1.82, 2.24) is 9.97 Å². The number of nitrogens with zero attached hydrogens (tertiary/aromatic N) is 1. The van der Waals surface area contributed by atoms with Gasteiger partial charge in [-0.3, -0.25) is 9.59 Å². The van der Waals surface area contributed by atoms with Crippen LogP contribution in [0, 0.1) is 6.92 Å². The van der Waals surface area contributed by atoms with E-state index in [2.05, 4.69) is 24.8 Å². The number of benzene rings is 1. The number of carbonyl (C=O) groups excluding carboxylic acids is 1. The fourth-order valence-electron chi connectivity index (χ4n) is 3.76. The summed E-state index contributed by atoms with van der Waals surface area (Å²) in [6.45, 7) is 1.79. The number of aromatic nitrogens is 2. The summed E-state index contributed by atoms with van der Waals surface area (Å²) in [7, 11) is 0. The highest BCUT2D eigenvalue weighted by Crippen LogP contribution is 2.52. The lowest BCUT2D eigenvalue weighted by Crippen LogP contribution is -2.28. The second-order valence-electron chi connectivity index (χ2n) is 7.79. The number of alkyl halides is 2. The maximum atomic E-state index is 13.3. The third kappa shape index (κ3) is 3.48. The molecule has 3 aromatic rings. The first-order chi connectivity index (χ1) is 15.2. The Morgan fingerprint density at radius 3 is 2.66 bits per heavy atom. The number of nitrogens with one attached hydrogen (secondary N) is 2. The van der Waals surface area contributed by atoms with Gasteiger partial charge in [0.25, 0.3) is 5.56 Å². The fourth-order valence-corrected chi connectivity index (χ4v) is 3.92. The van der Waals surface area contributed by atoms with E-state index >= 15 is 0 Å². The van der Waals surface area contributed by atoms with E-state index in [1.807, 2.05) is 0 Å². The molecule has 0 saturated heterocycles. The highest BCUT2D eigenvalue weighted by Gasteiger charge is 2.53. The minimum absolute atomic E-state index is 0.0773. The van der Waals surface area contributed by atoms with E-state index in [4.69, 9.17) is 11.6 Å². The molecule has 1 aromatic carbocycles. The van der Waals surface area contributed by atoms with Crippen LogP contribution in [0.4, 0.5) is 14.6 Å². The average molecular weight is 460 g/mol. The number of carbonyl (C=O) groups is 1. The van der Waals surface area contributed by atoms with Crippen LogP contribution < -0.4 is 20.3 Å². The Kier molecular flexibility index (Phi) is 4.49. The van der Waals surface area contributed by atoms with Crippen molar-refractivity contribution in [3.63, 3.8) is 0 Å². The molecule has 1 fully saturated rings. The molecule has 1 saturated carbocycles. The van der Waals surface area contributed by atoms with Crippen molar-refractivity contribution in [3.05, 3.63) is 69.1 Å². The van der Waals surface area contributed by atoms with Gasteiger partial charge in [0.15, 0.2) is 11.5 Å². The number of aromatic amines is 1. The Balaban J connectivity index is 1.43. The standard InChI is InChI=1S/C22H16ClF2N3O4/c1-11-2-5-17(27-18(11)14-9-13(23)10-26-19(14)29)28-20(30)21(6-7-21)12-3-4-15-16(8-12)32-22(24,25)31-15/h2-5,8-10H,6-7H2,1H3,(H,26,29)(H,27,28,30). The number of pyridine rings is 2. The summed E-state index contributed by atoms with van der Waals surface area (Å²) in [5, 5.41) is 3.13. The number of fused-ring (bicyclic) bond motifs is 1. The Bertz CT molecular complexity index is 1320. The third-order valence-corrected chi connectivity index (χ3v) is 5.82. The van der Waals surface area contributed by atoms with Gasteiger partial charge in [0.2, 0.25) is 5.91 Å². The summed E-state index contributed by atoms with van der Waals surface area (Å²) >= 11 is 6.00. The van der Waals surface area contributed by atoms with Crippen molar-refractivity contribution in [2.75, 3.05) is 5.32 Å². The van der Waals surface area contributed by atoms with E-state index in [-0.39, 0.29) is 34.3 Å². The normalized spacial score (nSPS) is 17.1. The molecule has 1 aliphatic heterocycles. The maximum Gasteiger partial charge on any atom is 0.586 e. The van der Waals surface area contributed by atoms with E-state index in [0.29, 0.717) is 29.1 Å². The molecule has 1 aliphatic carbocycles.